The lowest BCUT2D eigenvalue weighted by Crippen LogP contribution is -2.23. The Morgan fingerprint density at radius 3 is 2.83 bits per heavy atom. The standard InChI is InChI=1S/C14H15ClN2.BrH/c1-17-7-5-10(6-8-17)14-9-11-12(15)3-2-4-13(11)16-14;/h2-5,9,16H,6-8H2,1H3;1H. The number of aromatic amines is 1. The summed E-state index contributed by atoms with van der Waals surface area (Å²) in [6, 6.07) is 8.15. The van der Waals surface area contributed by atoms with E-state index in [1.165, 1.54) is 11.3 Å². The molecular weight excluding hydrogens is 312 g/mol. The summed E-state index contributed by atoms with van der Waals surface area (Å²) in [6.07, 6.45) is 3.39. The van der Waals surface area contributed by atoms with Gasteiger partial charge in [-0.05, 0) is 37.2 Å². The third kappa shape index (κ3) is 2.48. The van der Waals surface area contributed by atoms with Gasteiger partial charge in [0.25, 0.3) is 0 Å². The zero-order chi connectivity index (χ0) is 11.8. The molecule has 0 aliphatic carbocycles. The average Bonchev–Trinajstić information content (AvgIpc) is 2.75. The summed E-state index contributed by atoms with van der Waals surface area (Å²) in [4.78, 5) is 5.77. The van der Waals surface area contributed by atoms with Crippen molar-refractivity contribution < 1.29 is 0 Å². The SMILES string of the molecule is Br.CN1CC=C(c2cc3c(Cl)cccc3[nH]2)CC1. The van der Waals surface area contributed by atoms with Gasteiger partial charge >= 0.3 is 0 Å². The van der Waals surface area contributed by atoms with Gasteiger partial charge in [-0.2, -0.15) is 0 Å². The van der Waals surface area contributed by atoms with E-state index in [0.29, 0.717) is 0 Å². The van der Waals surface area contributed by atoms with Crippen molar-refractivity contribution in [1.82, 2.24) is 9.88 Å². The van der Waals surface area contributed by atoms with Crippen LogP contribution < -0.4 is 0 Å². The smallest absolute Gasteiger partial charge is 0.0500 e. The molecule has 3 rings (SSSR count). The fourth-order valence-electron chi connectivity index (χ4n) is 2.31. The summed E-state index contributed by atoms with van der Waals surface area (Å²) in [5.74, 6) is 0. The molecule has 1 aromatic heterocycles. The van der Waals surface area contributed by atoms with E-state index in [2.05, 4.69) is 35.1 Å². The Labute approximate surface area is 122 Å². The third-order valence-corrected chi connectivity index (χ3v) is 3.70. The van der Waals surface area contributed by atoms with Gasteiger partial charge in [0.2, 0.25) is 0 Å². The highest BCUT2D eigenvalue weighted by atomic mass is 79.9. The zero-order valence-electron chi connectivity index (χ0n) is 10.2. The van der Waals surface area contributed by atoms with E-state index in [0.717, 1.165) is 35.4 Å². The van der Waals surface area contributed by atoms with Crippen LogP contribution in [0.25, 0.3) is 16.5 Å². The van der Waals surface area contributed by atoms with Gasteiger partial charge in [0.1, 0.15) is 0 Å². The third-order valence-electron chi connectivity index (χ3n) is 3.37. The summed E-state index contributed by atoms with van der Waals surface area (Å²) in [6.45, 7) is 2.15. The minimum Gasteiger partial charge on any atom is -0.355 e. The topological polar surface area (TPSA) is 19.0 Å². The van der Waals surface area contributed by atoms with Crippen molar-refractivity contribution in [2.75, 3.05) is 20.1 Å². The van der Waals surface area contributed by atoms with E-state index in [9.17, 15) is 0 Å². The van der Waals surface area contributed by atoms with Crippen LogP contribution in [0.4, 0.5) is 0 Å². The predicted octanol–water partition coefficient (Wildman–Crippen LogP) is 4.12. The van der Waals surface area contributed by atoms with Crippen LogP contribution in [0.15, 0.2) is 30.3 Å². The number of hydrogen-bond donors (Lipinski definition) is 1. The fraction of sp³-hybridized carbons (Fsp3) is 0.286. The quantitative estimate of drug-likeness (QED) is 0.835. The van der Waals surface area contributed by atoms with Gasteiger partial charge in [-0.15, -0.1) is 17.0 Å². The van der Waals surface area contributed by atoms with E-state index in [4.69, 9.17) is 11.6 Å². The van der Waals surface area contributed by atoms with Crippen LogP contribution in [-0.4, -0.2) is 30.0 Å². The number of benzene rings is 1. The number of fused-ring (bicyclic) bond motifs is 1. The lowest BCUT2D eigenvalue weighted by molar-refractivity contribution is 0.370. The molecule has 0 unspecified atom stereocenters. The molecule has 2 heterocycles. The van der Waals surface area contributed by atoms with Crippen molar-refractivity contribution in [3.05, 3.63) is 41.1 Å². The number of H-pyrrole nitrogens is 1. The first kappa shape index (κ1) is 13.7. The largest absolute Gasteiger partial charge is 0.355 e. The van der Waals surface area contributed by atoms with E-state index >= 15 is 0 Å². The number of hydrogen-bond acceptors (Lipinski definition) is 1. The van der Waals surface area contributed by atoms with Crippen molar-refractivity contribution in [2.45, 2.75) is 6.42 Å². The van der Waals surface area contributed by atoms with Crippen molar-refractivity contribution in [2.24, 2.45) is 0 Å². The molecule has 4 heteroatoms. The van der Waals surface area contributed by atoms with Crippen molar-refractivity contribution in [1.29, 1.82) is 0 Å². The second-order valence-corrected chi connectivity index (χ2v) is 5.03. The molecule has 1 aliphatic rings. The summed E-state index contributed by atoms with van der Waals surface area (Å²) in [5.41, 5.74) is 3.73. The maximum atomic E-state index is 6.18. The van der Waals surface area contributed by atoms with E-state index in [1.807, 2.05) is 12.1 Å². The Kier molecular flexibility index (Phi) is 4.15. The van der Waals surface area contributed by atoms with Gasteiger partial charge in [0.15, 0.2) is 0 Å². The molecule has 0 radical (unpaired) electrons. The molecule has 0 saturated heterocycles. The first-order chi connectivity index (χ1) is 8.24. The Bertz CT molecular complexity index is 588. The average molecular weight is 328 g/mol. The van der Waals surface area contributed by atoms with Crippen LogP contribution in [0.3, 0.4) is 0 Å². The second kappa shape index (κ2) is 5.47. The lowest BCUT2D eigenvalue weighted by Gasteiger charge is -2.21. The zero-order valence-corrected chi connectivity index (χ0v) is 12.7. The van der Waals surface area contributed by atoms with Crippen LogP contribution in [0, 0.1) is 0 Å². The van der Waals surface area contributed by atoms with Gasteiger partial charge < -0.3 is 9.88 Å². The first-order valence-corrected chi connectivity index (χ1v) is 6.27. The van der Waals surface area contributed by atoms with Crippen LogP contribution in [0.2, 0.25) is 5.02 Å². The maximum Gasteiger partial charge on any atom is 0.0500 e. The summed E-state index contributed by atoms with van der Waals surface area (Å²) < 4.78 is 0. The Hall–Kier alpha value is -0.770. The minimum absolute atomic E-state index is 0. The van der Waals surface area contributed by atoms with Gasteiger partial charge in [0.05, 0.1) is 0 Å². The molecule has 0 saturated carbocycles. The van der Waals surface area contributed by atoms with E-state index < -0.39 is 0 Å². The molecule has 96 valence electrons. The molecule has 18 heavy (non-hydrogen) atoms. The van der Waals surface area contributed by atoms with Gasteiger partial charge in [-0.25, -0.2) is 0 Å². The predicted molar refractivity (Wildman–Crippen MR) is 83.7 cm³/mol. The number of nitrogens with zero attached hydrogens (tertiary/aromatic N) is 1. The summed E-state index contributed by atoms with van der Waals surface area (Å²) in [5, 5.41) is 1.93. The fourth-order valence-corrected chi connectivity index (χ4v) is 2.54. The number of rotatable bonds is 1. The van der Waals surface area contributed by atoms with Crippen LogP contribution >= 0.6 is 28.6 Å². The number of aromatic nitrogens is 1. The van der Waals surface area contributed by atoms with E-state index in [-0.39, 0.29) is 17.0 Å². The second-order valence-electron chi connectivity index (χ2n) is 4.63. The highest BCUT2D eigenvalue weighted by Crippen LogP contribution is 2.29. The maximum absolute atomic E-state index is 6.18. The highest BCUT2D eigenvalue weighted by Gasteiger charge is 2.12. The first-order valence-electron chi connectivity index (χ1n) is 5.89. The number of halogens is 2. The van der Waals surface area contributed by atoms with Gasteiger partial charge in [-0.3, -0.25) is 0 Å². The van der Waals surface area contributed by atoms with Crippen LogP contribution in [0.5, 0.6) is 0 Å². The lowest BCUT2D eigenvalue weighted by atomic mass is 10.1. The minimum atomic E-state index is 0. The van der Waals surface area contributed by atoms with E-state index in [1.54, 1.807) is 0 Å². The molecule has 0 bridgehead atoms. The van der Waals surface area contributed by atoms with Crippen LogP contribution in [-0.2, 0) is 0 Å². The summed E-state index contributed by atoms with van der Waals surface area (Å²) in [7, 11) is 2.15. The number of nitrogens with one attached hydrogen (secondary N) is 1. The van der Waals surface area contributed by atoms with Crippen molar-refractivity contribution >= 4 is 45.1 Å². The number of likely N-dealkylation sites (N-methyl/N-ethyl adjacent to an activating group) is 1. The Morgan fingerprint density at radius 1 is 1.33 bits per heavy atom. The normalized spacial score (nSPS) is 16.4. The molecule has 0 spiro atoms. The van der Waals surface area contributed by atoms with Crippen molar-refractivity contribution in [3.63, 3.8) is 0 Å². The molecule has 2 aromatic rings. The van der Waals surface area contributed by atoms with Gasteiger partial charge in [-0.1, -0.05) is 23.7 Å². The molecule has 0 amide bonds. The van der Waals surface area contributed by atoms with Crippen molar-refractivity contribution in [3.8, 4) is 0 Å². The molecule has 1 aromatic carbocycles. The molecule has 0 atom stereocenters. The Balaban J connectivity index is 0.00000120. The molecule has 0 fully saturated rings. The molecule has 2 nitrogen and oxygen atoms in total. The van der Waals surface area contributed by atoms with Crippen LogP contribution in [0.1, 0.15) is 12.1 Å². The van der Waals surface area contributed by atoms with Gasteiger partial charge in [0, 0.05) is 34.7 Å². The molecule has 1 N–H and O–H groups in total. The highest BCUT2D eigenvalue weighted by molar-refractivity contribution is 8.93. The monoisotopic (exact) mass is 326 g/mol. The molecular formula is C14H16BrClN2. The molecule has 1 aliphatic heterocycles. The summed E-state index contributed by atoms with van der Waals surface area (Å²) >= 11 is 6.18. The Morgan fingerprint density at radius 2 is 2.17 bits per heavy atom.